The second kappa shape index (κ2) is 6.60. The minimum absolute atomic E-state index is 0.140. The van der Waals surface area contributed by atoms with Crippen molar-refractivity contribution < 1.29 is 19.5 Å². The predicted molar refractivity (Wildman–Crippen MR) is 75.7 cm³/mol. The summed E-state index contributed by atoms with van der Waals surface area (Å²) in [7, 11) is 1.54. The molecule has 0 unspecified atom stereocenters. The third-order valence-electron chi connectivity index (χ3n) is 2.75. The van der Waals surface area contributed by atoms with Crippen molar-refractivity contribution in [1.29, 1.82) is 0 Å². The maximum atomic E-state index is 12.2. The van der Waals surface area contributed by atoms with Crippen LogP contribution < -0.4 is 15.0 Å². The van der Waals surface area contributed by atoms with Gasteiger partial charge in [0.05, 0.1) is 19.3 Å². The van der Waals surface area contributed by atoms with Gasteiger partial charge in [0.25, 0.3) is 5.91 Å². The Hall–Kier alpha value is -2.76. The van der Waals surface area contributed by atoms with Crippen molar-refractivity contribution in [2.45, 2.75) is 6.92 Å². The molecule has 0 saturated carbocycles. The topological polar surface area (TPSA) is 73.0 Å². The number of aromatic nitrogens is 1. The normalized spacial score (nSPS) is 11.2. The van der Waals surface area contributed by atoms with E-state index in [1.807, 2.05) is 6.92 Å². The van der Waals surface area contributed by atoms with Crippen LogP contribution in [-0.2, 0) is 0 Å². The fourth-order valence-corrected chi connectivity index (χ4v) is 1.76. The van der Waals surface area contributed by atoms with E-state index in [2.05, 4.69) is 4.99 Å². The van der Waals surface area contributed by atoms with Gasteiger partial charge < -0.3 is 14.7 Å². The number of carbonyl (C=O) groups is 1. The zero-order valence-electron chi connectivity index (χ0n) is 11.8. The molecule has 0 atom stereocenters. The van der Waals surface area contributed by atoms with Gasteiger partial charge in [-0.15, -0.1) is 0 Å². The summed E-state index contributed by atoms with van der Waals surface area (Å²) < 4.78 is 11.3. The first-order valence-corrected chi connectivity index (χ1v) is 6.42. The van der Waals surface area contributed by atoms with Gasteiger partial charge in [-0.25, -0.2) is 0 Å². The minimum atomic E-state index is -0.505. The van der Waals surface area contributed by atoms with E-state index in [4.69, 9.17) is 9.47 Å². The van der Waals surface area contributed by atoms with Crippen molar-refractivity contribution >= 4 is 5.91 Å². The molecule has 0 aliphatic carbocycles. The van der Waals surface area contributed by atoms with Gasteiger partial charge in [0.1, 0.15) is 11.5 Å². The number of benzene rings is 1. The van der Waals surface area contributed by atoms with Gasteiger partial charge in [0.15, 0.2) is 5.49 Å². The van der Waals surface area contributed by atoms with Crippen molar-refractivity contribution in [2.75, 3.05) is 13.7 Å². The molecule has 0 spiro atoms. The molecule has 0 bridgehead atoms. The number of ether oxygens (including phenoxy) is 2. The van der Waals surface area contributed by atoms with E-state index >= 15 is 0 Å². The lowest BCUT2D eigenvalue weighted by Gasteiger charge is -2.09. The Balaban J connectivity index is 2.44. The van der Waals surface area contributed by atoms with Crippen molar-refractivity contribution in [3.63, 3.8) is 0 Å². The Morgan fingerprint density at radius 2 is 2.14 bits per heavy atom. The molecule has 0 aliphatic heterocycles. The van der Waals surface area contributed by atoms with E-state index in [1.54, 1.807) is 30.3 Å². The largest absolute Gasteiger partial charge is 0.497 e. The van der Waals surface area contributed by atoms with Crippen molar-refractivity contribution in [2.24, 2.45) is 4.99 Å². The van der Waals surface area contributed by atoms with E-state index in [1.165, 1.54) is 19.4 Å². The number of methoxy groups -OCH3 is 1. The number of carbonyl (C=O) groups excluding carboxylic acids is 1. The second-order valence-electron chi connectivity index (χ2n) is 4.12. The Morgan fingerprint density at radius 1 is 1.33 bits per heavy atom. The third-order valence-corrected chi connectivity index (χ3v) is 2.75. The Bertz CT molecular complexity index is 707. The van der Waals surface area contributed by atoms with Crippen LogP contribution in [0.4, 0.5) is 0 Å². The molecule has 6 heteroatoms. The molecule has 0 aliphatic rings. The summed E-state index contributed by atoms with van der Waals surface area (Å²) in [6.45, 7) is 2.24. The van der Waals surface area contributed by atoms with Gasteiger partial charge in [-0.1, -0.05) is 6.07 Å². The number of amides is 1. The number of rotatable bonds is 4. The molecule has 1 N–H and O–H groups in total. The number of pyridine rings is 1. The standard InChI is InChI=1S/C15H16N2O4/c1-3-21-13-10-11(20-2)7-8-12(13)15(18)16-14-6-4-5-9-17(14)19/h4-10,19H,3H2,1-2H3. The van der Waals surface area contributed by atoms with Crippen LogP contribution in [0.15, 0.2) is 47.6 Å². The number of hydrogen-bond donors (Lipinski definition) is 1. The summed E-state index contributed by atoms with van der Waals surface area (Å²) >= 11 is 0. The monoisotopic (exact) mass is 288 g/mol. The molecule has 1 heterocycles. The molecule has 1 amide bonds. The quantitative estimate of drug-likeness (QED) is 0.872. The van der Waals surface area contributed by atoms with Crippen LogP contribution in [0, 0.1) is 0 Å². The van der Waals surface area contributed by atoms with Crippen LogP contribution in [0.3, 0.4) is 0 Å². The maximum Gasteiger partial charge on any atom is 0.282 e. The lowest BCUT2D eigenvalue weighted by molar-refractivity contribution is 0.0984. The van der Waals surface area contributed by atoms with Gasteiger partial charge in [-0.2, -0.15) is 9.72 Å². The van der Waals surface area contributed by atoms with Gasteiger partial charge in [-0.3, -0.25) is 4.79 Å². The van der Waals surface area contributed by atoms with E-state index in [-0.39, 0.29) is 5.49 Å². The Labute approximate surface area is 121 Å². The summed E-state index contributed by atoms with van der Waals surface area (Å²) in [5.74, 6) is 0.480. The first-order valence-electron chi connectivity index (χ1n) is 6.42. The van der Waals surface area contributed by atoms with Crippen LogP contribution in [-0.4, -0.2) is 29.6 Å². The van der Waals surface area contributed by atoms with Crippen LogP contribution in [0.2, 0.25) is 0 Å². The van der Waals surface area contributed by atoms with Gasteiger partial charge in [0.2, 0.25) is 0 Å². The first kappa shape index (κ1) is 14.6. The number of nitrogens with zero attached hydrogens (tertiary/aromatic N) is 2. The molecular weight excluding hydrogens is 272 g/mol. The molecule has 1 aromatic carbocycles. The molecule has 110 valence electrons. The summed E-state index contributed by atoms with van der Waals surface area (Å²) in [5, 5.41) is 9.58. The van der Waals surface area contributed by atoms with Crippen LogP contribution in [0.25, 0.3) is 0 Å². The van der Waals surface area contributed by atoms with E-state index < -0.39 is 5.91 Å². The summed E-state index contributed by atoms with van der Waals surface area (Å²) in [5.41, 5.74) is 0.447. The zero-order chi connectivity index (χ0) is 15.2. The maximum absolute atomic E-state index is 12.2. The molecule has 21 heavy (non-hydrogen) atoms. The summed E-state index contributed by atoms with van der Waals surface area (Å²) in [6.07, 6.45) is 1.39. The molecule has 2 rings (SSSR count). The van der Waals surface area contributed by atoms with Gasteiger partial charge in [0, 0.05) is 12.3 Å². The highest BCUT2D eigenvalue weighted by atomic mass is 16.5. The van der Waals surface area contributed by atoms with Crippen molar-refractivity contribution in [3.05, 3.63) is 53.6 Å². The summed E-state index contributed by atoms with van der Waals surface area (Å²) in [4.78, 5) is 16.1. The molecular formula is C15H16N2O4. The molecule has 0 radical (unpaired) electrons. The predicted octanol–water partition coefficient (Wildman–Crippen LogP) is 1.87. The first-order chi connectivity index (χ1) is 10.2. The van der Waals surface area contributed by atoms with E-state index in [9.17, 15) is 10.0 Å². The van der Waals surface area contributed by atoms with Crippen LogP contribution in [0.5, 0.6) is 11.5 Å². The fourth-order valence-electron chi connectivity index (χ4n) is 1.76. The van der Waals surface area contributed by atoms with Crippen molar-refractivity contribution in [3.8, 4) is 11.5 Å². The van der Waals surface area contributed by atoms with Gasteiger partial charge >= 0.3 is 0 Å². The molecule has 1 aromatic heterocycles. The van der Waals surface area contributed by atoms with Crippen LogP contribution in [0.1, 0.15) is 17.3 Å². The fraction of sp³-hybridized carbons (Fsp3) is 0.200. The number of hydrogen-bond acceptors (Lipinski definition) is 4. The average molecular weight is 288 g/mol. The lowest BCUT2D eigenvalue weighted by atomic mass is 10.2. The molecule has 6 nitrogen and oxygen atoms in total. The smallest absolute Gasteiger partial charge is 0.282 e. The van der Waals surface area contributed by atoms with E-state index in [0.29, 0.717) is 23.7 Å². The SMILES string of the molecule is CCOc1cc(OC)ccc1C(=O)N=c1ccccn1O. The minimum Gasteiger partial charge on any atom is -0.497 e. The van der Waals surface area contributed by atoms with Crippen molar-refractivity contribution in [1.82, 2.24) is 4.73 Å². The third kappa shape index (κ3) is 3.42. The Kier molecular flexibility index (Phi) is 4.61. The molecule has 0 saturated heterocycles. The van der Waals surface area contributed by atoms with Crippen LogP contribution >= 0.6 is 0 Å². The second-order valence-corrected chi connectivity index (χ2v) is 4.12. The average Bonchev–Trinajstić information content (AvgIpc) is 2.49. The molecule has 0 fully saturated rings. The zero-order valence-corrected chi connectivity index (χ0v) is 11.8. The molecule has 2 aromatic rings. The summed E-state index contributed by atoms with van der Waals surface area (Å²) in [6, 6.07) is 9.70. The lowest BCUT2D eigenvalue weighted by Crippen LogP contribution is -2.19. The highest BCUT2D eigenvalue weighted by Gasteiger charge is 2.13. The van der Waals surface area contributed by atoms with Gasteiger partial charge in [-0.05, 0) is 31.2 Å². The highest BCUT2D eigenvalue weighted by molar-refractivity contribution is 5.97. The Morgan fingerprint density at radius 3 is 2.81 bits per heavy atom. The highest BCUT2D eigenvalue weighted by Crippen LogP contribution is 2.25. The van der Waals surface area contributed by atoms with E-state index in [0.717, 1.165) is 4.73 Å².